The molecule has 3 nitrogen and oxygen atoms in total. The molecule has 0 bridgehead atoms. The van der Waals surface area contributed by atoms with E-state index in [1.165, 1.54) is 11.8 Å². The van der Waals surface area contributed by atoms with Crippen molar-refractivity contribution in [3.05, 3.63) is 58.1 Å². The molecular weight excluding hydrogens is 365 g/mol. The predicted octanol–water partition coefficient (Wildman–Crippen LogP) is 5.65. The van der Waals surface area contributed by atoms with Crippen LogP contribution in [0, 0.1) is 0 Å². The van der Waals surface area contributed by atoms with E-state index in [1.54, 1.807) is 6.07 Å². The quantitative estimate of drug-likeness (QED) is 0.670. The highest BCUT2D eigenvalue weighted by atomic mass is 35.5. The molecule has 0 atom stereocenters. The largest absolute Gasteiger partial charge is 0.491 e. The molecule has 1 amide bonds. The van der Waals surface area contributed by atoms with Crippen molar-refractivity contribution >= 4 is 46.6 Å². The molecule has 2 aromatic carbocycles. The van der Waals surface area contributed by atoms with E-state index in [4.69, 9.17) is 27.9 Å². The SMILES string of the molecule is CC(C)Oc1ccc(NC(=O)CSCc2ccc(Cl)c(Cl)c2)cc1. The van der Waals surface area contributed by atoms with Crippen molar-refractivity contribution in [1.82, 2.24) is 0 Å². The van der Waals surface area contributed by atoms with Crippen LogP contribution in [-0.4, -0.2) is 17.8 Å². The molecule has 2 rings (SSSR count). The number of carbonyl (C=O) groups excluding carboxylic acids is 1. The van der Waals surface area contributed by atoms with Crippen LogP contribution in [0.15, 0.2) is 42.5 Å². The van der Waals surface area contributed by atoms with Gasteiger partial charge in [0.05, 0.1) is 21.9 Å². The molecule has 0 saturated heterocycles. The lowest BCUT2D eigenvalue weighted by molar-refractivity contribution is -0.113. The van der Waals surface area contributed by atoms with Crippen molar-refractivity contribution in [3.63, 3.8) is 0 Å². The zero-order chi connectivity index (χ0) is 17.5. The molecule has 0 saturated carbocycles. The Morgan fingerprint density at radius 2 is 1.83 bits per heavy atom. The van der Waals surface area contributed by atoms with E-state index in [0.717, 1.165) is 17.0 Å². The molecule has 1 N–H and O–H groups in total. The minimum Gasteiger partial charge on any atom is -0.491 e. The average Bonchev–Trinajstić information content (AvgIpc) is 2.52. The van der Waals surface area contributed by atoms with Crippen LogP contribution in [0.5, 0.6) is 5.75 Å². The molecule has 0 spiro atoms. The molecule has 0 aliphatic heterocycles. The highest BCUT2D eigenvalue weighted by molar-refractivity contribution is 7.99. The molecule has 0 aliphatic carbocycles. The molecule has 2 aromatic rings. The van der Waals surface area contributed by atoms with E-state index >= 15 is 0 Å². The fourth-order valence-electron chi connectivity index (χ4n) is 1.98. The summed E-state index contributed by atoms with van der Waals surface area (Å²) in [7, 11) is 0. The van der Waals surface area contributed by atoms with Gasteiger partial charge in [0.2, 0.25) is 5.91 Å². The van der Waals surface area contributed by atoms with Gasteiger partial charge in [-0.25, -0.2) is 0 Å². The smallest absolute Gasteiger partial charge is 0.234 e. The standard InChI is InChI=1S/C18H19Cl2NO2S/c1-12(2)23-15-6-4-14(5-7-15)21-18(22)11-24-10-13-3-8-16(19)17(20)9-13/h3-9,12H,10-11H2,1-2H3,(H,21,22). The van der Waals surface area contributed by atoms with Crippen molar-refractivity contribution in [1.29, 1.82) is 0 Å². The summed E-state index contributed by atoms with van der Waals surface area (Å²) < 4.78 is 5.57. The van der Waals surface area contributed by atoms with Crippen LogP contribution in [0.2, 0.25) is 10.0 Å². The third-order valence-electron chi connectivity index (χ3n) is 3.00. The fourth-order valence-corrected chi connectivity index (χ4v) is 3.07. The highest BCUT2D eigenvalue weighted by Crippen LogP contribution is 2.24. The summed E-state index contributed by atoms with van der Waals surface area (Å²) in [5.74, 6) is 1.81. The van der Waals surface area contributed by atoms with E-state index in [-0.39, 0.29) is 12.0 Å². The van der Waals surface area contributed by atoms with Crippen molar-refractivity contribution in [3.8, 4) is 5.75 Å². The first kappa shape index (κ1) is 19.0. The molecule has 0 unspecified atom stereocenters. The normalized spacial score (nSPS) is 10.7. The van der Waals surface area contributed by atoms with Crippen LogP contribution in [-0.2, 0) is 10.5 Å². The second-order valence-electron chi connectivity index (χ2n) is 5.48. The maximum Gasteiger partial charge on any atom is 0.234 e. The van der Waals surface area contributed by atoms with Crippen LogP contribution < -0.4 is 10.1 Å². The number of hydrogen-bond acceptors (Lipinski definition) is 3. The summed E-state index contributed by atoms with van der Waals surface area (Å²) >= 11 is 13.4. The fraction of sp³-hybridized carbons (Fsp3) is 0.278. The van der Waals surface area contributed by atoms with Gasteiger partial charge in [-0.1, -0.05) is 29.3 Å². The number of rotatable bonds is 7. The monoisotopic (exact) mass is 383 g/mol. The zero-order valence-corrected chi connectivity index (χ0v) is 15.8. The number of carbonyl (C=O) groups is 1. The Labute approximate surface area is 156 Å². The number of thioether (sulfide) groups is 1. The lowest BCUT2D eigenvalue weighted by Crippen LogP contribution is -2.14. The maximum atomic E-state index is 12.0. The molecule has 0 fully saturated rings. The lowest BCUT2D eigenvalue weighted by Gasteiger charge is -2.10. The Kier molecular flexibility index (Phi) is 7.28. The van der Waals surface area contributed by atoms with Crippen LogP contribution in [0.25, 0.3) is 0 Å². The second kappa shape index (κ2) is 9.21. The number of benzene rings is 2. The third kappa shape index (κ3) is 6.27. The number of hydrogen-bond donors (Lipinski definition) is 1. The minimum atomic E-state index is -0.0439. The van der Waals surface area contributed by atoms with Gasteiger partial charge in [-0.3, -0.25) is 4.79 Å². The van der Waals surface area contributed by atoms with Gasteiger partial charge in [-0.15, -0.1) is 11.8 Å². The Balaban J connectivity index is 1.77. The van der Waals surface area contributed by atoms with Gasteiger partial charge < -0.3 is 10.1 Å². The first-order valence-electron chi connectivity index (χ1n) is 7.52. The van der Waals surface area contributed by atoms with Gasteiger partial charge in [0, 0.05) is 11.4 Å². The second-order valence-corrected chi connectivity index (χ2v) is 7.28. The number of halogens is 2. The Bertz CT molecular complexity index is 690. The Hall–Kier alpha value is -1.36. The number of ether oxygens (including phenoxy) is 1. The van der Waals surface area contributed by atoms with Gasteiger partial charge in [0.1, 0.15) is 5.75 Å². The predicted molar refractivity (Wildman–Crippen MR) is 103 cm³/mol. The van der Waals surface area contributed by atoms with Gasteiger partial charge in [0.15, 0.2) is 0 Å². The van der Waals surface area contributed by atoms with Crippen molar-refractivity contribution in [2.75, 3.05) is 11.1 Å². The van der Waals surface area contributed by atoms with Gasteiger partial charge >= 0.3 is 0 Å². The lowest BCUT2D eigenvalue weighted by atomic mass is 10.2. The summed E-state index contributed by atoms with van der Waals surface area (Å²) in [4.78, 5) is 12.0. The van der Waals surface area contributed by atoms with Crippen molar-refractivity contribution in [2.24, 2.45) is 0 Å². The first-order valence-corrected chi connectivity index (χ1v) is 9.43. The topological polar surface area (TPSA) is 38.3 Å². The molecule has 128 valence electrons. The molecule has 0 heterocycles. The van der Waals surface area contributed by atoms with Crippen molar-refractivity contribution in [2.45, 2.75) is 25.7 Å². The first-order chi connectivity index (χ1) is 11.4. The van der Waals surface area contributed by atoms with Crippen LogP contribution in [0.4, 0.5) is 5.69 Å². The average molecular weight is 384 g/mol. The molecule has 0 aromatic heterocycles. The Morgan fingerprint density at radius 3 is 2.46 bits per heavy atom. The molecule has 24 heavy (non-hydrogen) atoms. The summed E-state index contributed by atoms with van der Waals surface area (Å²) in [6.07, 6.45) is 0.128. The Morgan fingerprint density at radius 1 is 1.12 bits per heavy atom. The van der Waals surface area contributed by atoms with E-state index in [2.05, 4.69) is 5.32 Å². The van der Waals surface area contributed by atoms with Crippen LogP contribution >= 0.6 is 35.0 Å². The molecule has 6 heteroatoms. The van der Waals surface area contributed by atoms with E-state index in [9.17, 15) is 4.79 Å². The molecule has 0 radical (unpaired) electrons. The van der Waals surface area contributed by atoms with Crippen LogP contribution in [0.3, 0.4) is 0 Å². The van der Waals surface area contributed by atoms with E-state index in [0.29, 0.717) is 21.6 Å². The van der Waals surface area contributed by atoms with E-state index in [1.807, 2.05) is 50.2 Å². The third-order valence-corrected chi connectivity index (χ3v) is 4.74. The summed E-state index contributed by atoms with van der Waals surface area (Å²) in [5, 5.41) is 3.93. The number of nitrogens with one attached hydrogen (secondary N) is 1. The van der Waals surface area contributed by atoms with Crippen LogP contribution in [0.1, 0.15) is 19.4 Å². The minimum absolute atomic E-state index is 0.0439. The van der Waals surface area contributed by atoms with Gasteiger partial charge in [-0.2, -0.15) is 0 Å². The zero-order valence-electron chi connectivity index (χ0n) is 13.5. The maximum absolute atomic E-state index is 12.0. The van der Waals surface area contributed by atoms with Crippen molar-refractivity contribution < 1.29 is 9.53 Å². The number of anilines is 1. The summed E-state index contributed by atoms with van der Waals surface area (Å²) in [6, 6.07) is 12.9. The highest BCUT2D eigenvalue weighted by Gasteiger charge is 2.05. The summed E-state index contributed by atoms with van der Waals surface area (Å²) in [6.45, 7) is 3.95. The number of amides is 1. The van der Waals surface area contributed by atoms with Gasteiger partial charge in [0.25, 0.3) is 0 Å². The molecule has 0 aliphatic rings. The molecular formula is C18H19Cl2NO2S. The van der Waals surface area contributed by atoms with E-state index < -0.39 is 0 Å². The summed E-state index contributed by atoms with van der Waals surface area (Å²) in [5.41, 5.74) is 1.80. The van der Waals surface area contributed by atoms with Gasteiger partial charge in [-0.05, 0) is 55.8 Å².